The van der Waals surface area contributed by atoms with Gasteiger partial charge in [-0.05, 0) is 0 Å². The van der Waals surface area contributed by atoms with Gasteiger partial charge in [-0.25, -0.2) is 9.78 Å². The summed E-state index contributed by atoms with van der Waals surface area (Å²) in [7, 11) is 0. The van der Waals surface area contributed by atoms with Gasteiger partial charge in [-0.1, -0.05) is 30.3 Å². The van der Waals surface area contributed by atoms with Gasteiger partial charge in [0, 0.05) is 24.7 Å². The van der Waals surface area contributed by atoms with Gasteiger partial charge in [-0.2, -0.15) is 4.98 Å². The summed E-state index contributed by atoms with van der Waals surface area (Å²) in [6, 6.07) is 11.5. The topological polar surface area (TPSA) is 104 Å². The highest BCUT2D eigenvalue weighted by Crippen LogP contribution is 2.25. The Morgan fingerprint density at radius 2 is 2.00 bits per heavy atom. The van der Waals surface area contributed by atoms with E-state index < -0.39 is 6.09 Å². The molecule has 7 heteroatoms. The molecule has 0 unspecified atom stereocenters. The lowest BCUT2D eigenvalue weighted by molar-refractivity contribution is 0.187. The number of benzene rings is 1. The van der Waals surface area contributed by atoms with Crippen LogP contribution in [-0.4, -0.2) is 40.3 Å². The predicted octanol–water partition coefficient (Wildman–Crippen LogP) is 1.18. The summed E-state index contributed by atoms with van der Waals surface area (Å²) in [4.78, 5) is 21.0. The van der Waals surface area contributed by atoms with Gasteiger partial charge in [-0.15, -0.1) is 0 Å². The number of nitrogens with two attached hydrogens (primary N) is 1. The van der Waals surface area contributed by atoms with E-state index in [2.05, 4.69) is 15.3 Å². The molecule has 2 heterocycles. The molecule has 4 N–H and O–H groups in total. The van der Waals surface area contributed by atoms with Crippen molar-refractivity contribution in [3.05, 3.63) is 36.4 Å². The highest BCUT2D eigenvalue weighted by Gasteiger charge is 2.29. The van der Waals surface area contributed by atoms with Crippen LogP contribution in [0.15, 0.2) is 36.4 Å². The largest absolute Gasteiger partial charge is 0.465 e. The molecule has 1 amide bonds. The number of amides is 1. The zero-order valence-corrected chi connectivity index (χ0v) is 11.2. The summed E-state index contributed by atoms with van der Waals surface area (Å²) >= 11 is 0. The number of rotatable bonds is 3. The standard InChI is InChI=1S/C14H15N5O2/c15-13-17-11(9-4-2-1-3-5-9)6-12(18-13)19-7-10(8-19)16-14(20)21/h1-6,10,16H,7-8H2,(H,20,21)(H2,15,17,18). The maximum atomic E-state index is 10.6. The fourth-order valence-electron chi connectivity index (χ4n) is 2.30. The molecule has 1 saturated heterocycles. The molecule has 21 heavy (non-hydrogen) atoms. The summed E-state index contributed by atoms with van der Waals surface area (Å²) in [6.07, 6.45) is -1.01. The number of aromatic nitrogens is 2. The fourth-order valence-corrected chi connectivity index (χ4v) is 2.30. The maximum absolute atomic E-state index is 10.6. The lowest BCUT2D eigenvalue weighted by Crippen LogP contribution is -2.59. The Labute approximate surface area is 121 Å². The van der Waals surface area contributed by atoms with Crippen LogP contribution in [-0.2, 0) is 0 Å². The third-order valence-corrected chi connectivity index (χ3v) is 3.33. The molecule has 1 aromatic carbocycles. The normalized spacial score (nSPS) is 14.6. The van der Waals surface area contributed by atoms with Crippen LogP contribution in [0.25, 0.3) is 11.3 Å². The summed E-state index contributed by atoms with van der Waals surface area (Å²) in [5.74, 6) is 0.922. The van der Waals surface area contributed by atoms with Crippen LogP contribution < -0.4 is 16.0 Å². The summed E-state index contributed by atoms with van der Waals surface area (Å²) < 4.78 is 0. The van der Waals surface area contributed by atoms with Crippen LogP contribution in [0.4, 0.5) is 16.6 Å². The van der Waals surface area contributed by atoms with Gasteiger partial charge in [0.25, 0.3) is 0 Å². The van der Waals surface area contributed by atoms with Crippen molar-refractivity contribution < 1.29 is 9.90 Å². The second-order valence-electron chi connectivity index (χ2n) is 4.89. The molecule has 1 fully saturated rings. The monoisotopic (exact) mass is 285 g/mol. The predicted molar refractivity (Wildman–Crippen MR) is 79.0 cm³/mol. The van der Waals surface area contributed by atoms with E-state index in [0.29, 0.717) is 18.9 Å². The first-order chi connectivity index (χ1) is 10.1. The minimum Gasteiger partial charge on any atom is -0.465 e. The number of carbonyl (C=O) groups is 1. The molecular formula is C14H15N5O2. The smallest absolute Gasteiger partial charge is 0.405 e. The van der Waals surface area contributed by atoms with Crippen molar-refractivity contribution in [2.45, 2.75) is 6.04 Å². The average molecular weight is 285 g/mol. The van der Waals surface area contributed by atoms with Crippen molar-refractivity contribution in [3.8, 4) is 11.3 Å². The molecule has 1 aromatic heterocycles. The van der Waals surface area contributed by atoms with Crippen molar-refractivity contribution in [2.24, 2.45) is 0 Å². The zero-order chi connectivity index (χ0) is 14.8. The maximum Gasteiger partial charge on any atom is 0.405 e. The average Bonchev–Trinajstić information content (AvgIpc) is 2.42. The number of nitrogen functional groups attached to an aromatic ring is 1. The van der Waals surface area contributed by atoms with E-state index in [0.717, 1.165) is 11.3 Å². The number of hydrogen-bond acceptors (Lipinski definition) is 5. The Bertz CT molecular complexity index is 656. The van der Waals surface area contributed by atoms with Crippen LogP contribution >= 0.6 is 0 Å². The van der Waals surface area contributed by atoms with Crippen molar-refractivity contribution >= 4 is 17.9 Å². The molecule has 7 nitrogen and oxygen atoms in total. The summed E-state index contributed by atoms with van der Waals surface area (Å²) in [5.41, 5.74) is 7.49. The molecule has 1 aliphatic rings. The van der Waals surface area contributed by atoms with Gasteiger partial charge in [0.15, 0.2) is 0 Å². The minimum atomic E-state index is -1.01. The first-order valence-electron chi connectivity index (χ1n) is 6.56. The van der Waals surface area contributed by atoms with E-state index in [9.17, 15) is 4.79 Å². The first kappa shape index (κ1) is 13.2. The second-order valence-corrected chi connectivity index (χ2v) is 4.89. The quantitative estimate of drug-likeness (QED) is 0.782. The Hall–Kier alpha value is -2.83. The van der Waals surface area contributed by atoms with Crippen LogP contribution in [0.5, 0.6) is 0 Å². The molecule has 0 spiro atoms. The van der Waals surface area contributed by atoms with Crippen LogP contribution in [0.2, 0.25) is 0 Å². The molecule has 0 saturated carbocycles. The third kappa shape index (κ3) is 2.86. The third-order valence-electron chi connectivity index (χ3n) is 3.33. The molecule has 108 valence electrons. The van der Waals surface area contributed by atoms with Gasteiger partial charge < -0.3 is 21.1 Å². The Morgan fingerprint density at radius 1 is 1.29 bits per heavy atom. The molecule has 0 bridgehead atoms. The lowest BCUT2D eigenvalue weighted by Gasteiger charge is -2.39. The molecule has 0 aliphatic carbocycles. The SMILES string of the molecule is Nc1nc(-c2ccccc2)cc(N2CC(NC(=O)O)C2)n1. The van der Waals surface area contributed by atoms with E-state index in [1.807, 2.05) is 41.3 Å². The van der Waals surface area contributed by atoms with Gasteiger partial charge >= 0.3 is 6.09 Å². The second kappa shape index (κ2) is 5.28. The van der Waals surface area contributed by atoms with Crippen molar-refractivity contribution in [3.63, 3.8) is 0 Å². The number of nitrogens with zero attached hydrogens (tertiary/aromatic N) is 3. The molecular weight excluding hydrogens is 270 g/mol. The van der Waals surface area contributed by atoms with Crippen LogP contribution in [0.1, 0.15) is 0 Å². The van der Waals surface area contributed by atoms with Crippen molar-refractivity contribution in [1.29, 1.82) is 0 Å². The van der Waals surface area contributed by atoms with E-state index in [1.54, 1.807) is 0 Å². The van der Waals surface area contributed by atoms with Gasteiger partial charge in [0.05, 0.1) is 11.7 Å². The Balaban J connectivity index is 1.79. The number of carboxylic acid groups (broad SMARTS) is 1. The number of hydrogen-bond donors (Lipinski definition) is 3. The Morgan fingerprint density at radius 3 is 2.67 bits per heavy atom. The van der Waals surface area contributed by atoms with Gasteiger partial charge in [0.1, 0.15) is 5.82 Å². The molecule has 0 radical (unpaired) electrons. The Kier molecular flexibility index (Phi) is 3.31. The van der Waals surface area contributed by atoms with Crippen LogP contribution in [0.3, 0.4) is 0 Å². The zero-order valence-electron chi connectivity index (χ0n) is 11.2. The highest BCUT2D eigenvalue weighted by atomic mass is 16.4. The lowest BCUT2D eigenvalue weighted by atomic mass is 10.1. The highest BCUT2D eigenvalue weighted by molar-refractivity contribution is 5.67. The molecule has 1 aliphatic heterocycles. The summed E-state index contributed by atoms with van der Waals surface area (Å²) in [5, 5.41) is 11.1. The van der Waals surface area contributed by atoms with Crippen molar-refractivity contribution in [2.75, 3.05) is 23.7 Å². The molecule has 0 atom stereocenters. The van der Waals surface area contributed by atoms with Gasteiger partial charge in [0.2, 0.25) is 5.95 Å². The van der Waals surface area contributed by atoms with Crippen LogP contribution in [0, 0.1) is 0 Å². The van der Waals surface area contributed by atoms with E-state index in [4.69, 9.17) is 10.8 Å². The minimum absolute atomic E-state index is 0.0705. The van der Waals surface area contributed by atoms with Gasteiger partial charge in [-0.3, -0.25) is 0 Å². The van der Waals surface area contributed by atoms with E-state index >= 15 is 0 Å². The van der Waals surface area contributed by atoms with Crippen molar-refractivity contribution in [1.82, 2.24) is 15.3 Å². The first-order valence-corrected chi connectivity index (χ1v) is 6.56. The molecule has 3 rings (SSSR count). The molecule has 2 aromatic rings. The number of anilines is 2. The van der Waals surface area contributed by atoms with E-state index in [1.165, 1.54) is 0 Å². The fraction of sp³-hybridized carbons (Fsp3) is 0.214. The van der Waals surface area contributed by atoms with E-state index in [-0.39, 0.29) is 12.0 Å². The summed E-state index contributed by atoms with van der Waals surface area (Å²) in [6.45, 7) is 1.16. The number of nitrogens with one attached hydrogen (secondary N) is 1.